The first kappa shape index (κ1) is 67.3. The summed E-state index contributed by atoms with van der Waals surface area (Å²) in [6, 6.07) is 40.2. The molecule has 88 heavy (non-hydrogen) atoms. The van der Waals surface area contributed by atoms with Crippen molar-refractivity contribution in [2.24, 2.45) is 0 Å². The maximum Gasteiger partial charge on any atom is 0.346 e. The summed E-state index contributed by atoms with van der Waals surface area (Å²) >= 11 is 0. The van der Waals surface area contributed by atoms with Crippen LogP contribution >= 0.6 is 0 Å². The Bertz CT molecular complexity index is 3110. The lowest BCUT2D eigenvalue weighted by atomic mass is 10.00. The van der Waals surface area contributed by atoms with Crippen molar-refractivity contribution >= 4 is 29.8 Å². The molecule has 0 fully saturated rings. The van der Waals surface area contributed by atoms with Crippen LogP contribution in [-0.4, -0.2) is 37.0 Å². The van der Waals surface area contributed by atoms with Gasteiger partial charge in [-0.3, -0.25) is 0 Å². The highest BCUT2D eigenvalue weighted by Crippen LogP contribution is 2.30. The van der Waals surface area contributed by atoms with Gasteiger partial charge in [-0.15, -0.1) is 0 Å². The number of carbonyl (C=O) groups is 5. The van der Waals surface area contributed by atoms with Crippen LogP contribution in [0.25, 0.3) is 22.3 Å². The van der Waals surface area contributed by atoms with Crippen molar-refractivity contribution in [2.45, 2.75) is 181 Å². The first-order valence-corrected chi connectivity index (χ1v) is 32.0. The number of methoxy groups -OCH3 is 1. The molecule has 0 spiro atoms. The van der Waals surface area contributed by atoms with E-state index in [4.69, 9.17) is 23.7 Å². The fraction of sp³-hybridized carbons (Fsp3) is 0.382. The van der Waals surface area contributed by atoms with Crippen molar-refractivity contribution in [1.82, 2.24) is 0 Å². The molecular formula is C76H86F2O10. The number of halogens is 2. The number of rotatable bonds is 37. The van der Waals surface area contributed by atoms with Gasteiger partial charge in [0.1, 0.15) is 34.6 Å². The summed E-state index contributed by atoms with van der Waals surface area (Å²) in [4.78, 5) is 65.6. The van der Waals surface area contributed by atoms with E-state index >= 15 is 8.78 Å². The third-order valence-electron chi connectivity index (χ3n) is 15.9. The van der Waals surface area contributed by atoms with E-state index in [1.807, 2.05) is 24.3 Å². The lowest BCUT2D eigenvalue weighted by molar-refractivity contribution is 0.0593. The molecule has 0 aliphatic heterocycles. The second-order valence-corrected chi connectivity index (χ2v) is 22.9. The van der Waals surface area contributed by atoms with E-state index in [-0.39, 0.29) is 39.7 Å². The van der Waals surface area contributed by atoms with Crippen LogP contribution in [-0.2, 0) is 17.6 Å². The Morgan fingerprint density at radius 1 is 0.295 bits per heavy atom. The van der Waals surface area contributed by atoms with Gasteiger partial charge in [0, 0.05) is 18.2 Å². The molecule has 0 aromatic heterocycles. The van der Waals surface area contributed by atoms with E-state index < -0.39 is 52.6 Å². The maximum absolute atomic E-state index is 15.5. The standard InChI is InChI=1S/C76H86F2O10/c1-4-6-8-10-12-14-16-18-20-22-24-26-28-55-30-34-57(35-31-55)59-38-42-61(43-39-59)73(80)85-64-46-48-68(70(77)53-64)75(82)87-66-50-63(72(79)84-3)51-67(52-66)88-76(83)69-49-47-65(54-71(69)78)86-74(81)62-44-40-60(41-45-62)58-36-32-56(33-37-58)29-27-25-23-21-19-17-15-13-11-9-7-5-2/h30-54H,4-29H2,1-3H3. The van der Waals surface area contributed by atoms with Gasteiger partial charge in [-0.2, -0.15) is 0 Å². The van der Waals surface area contributed by atoms with E-state index in [9.17, 15) is 24.0 Å². The molecule has 0 N–H and O–H groups in total. The first-order valence-electron chi connectivity index (χ1n) is 32.0. The Labute approximate surface area is 519 Å². The number of aryl methyl sites for hydroxylation is 2. The Morgan fingerprint density at radius 2 is 0.591 bits per heavy atom. The Kier molecular flexibility index (Phi) is 28.1. The van der Waals surface area contributed by atoms with E-state index in [2.05, 4.69) is 62.4 Å². The molecule has 7 aromatic rings. The van der Waals surface area contributed by atoms with E-state index in [0.29, 0.717) is 0 Å². The van der Waals surface area contributed by atoms with Crippen molar-refractivity contribution in [3.8, 4) is 45.3 Å². The van der Waals surface area contributed by atoms with Crippen LogP contribution in [0.15, 0.2) is 152 Å². The van der Waals surface area contributed by atoms with Crippen LogP contribution in [0.3, 0.4) is 0 Å². The Hall–Kier alpha value is -8.25. The van der Waals surface area contributed by atoms with Gasteiger partial charge in [0.25, 0.3) is 0 Å². The third kappa shape index (κ3) is 22.2. The molecule has 0 heterocycles. The number of ether oxygens (including phenoxy) is 5. The van der Waals surface area contributed by atoms with Crippen LogP contribution in [0.5, 0.6) is 23.0 Å². The van der Waals surface area contributed by atoms with Crippen molar-refractivity contribution < 1.29 is 56.4 Å². The fourth-order valence-corrected chi connectivity index (χ4v) is 10.7. The first-order chi connectivity index (χ1) is 42.9. The molecule has 0 saturated heterocycles. The fourth-order valence-electron chi connectivity index (χ4n) is 10.7. The highest BCUT2D eigenvalue weighted by Gasteiger charge is 2.22. The number of benzene rings is 7. The quantitative estimate of drug-likeness (QED) is 0.0211. The monoisotopic (exact) mass is 1200 g/mol. The molecule has 0 bridgehead atoms. The molecule has 10 nitrogen and oxygen atoms in total. The summed E-state index contributed by atoms with van der Waals surface area (Å²) in [5, 5.41) is 0. The summed E-state index contributed by atoms with van der Waals surface area (Å²) in [5.74, 6) is -8.02. The van der Waals surface area contributed by atoms with E-state index in [0.717, 1.165) is 84.7 Å². The minimum absolute atomic E-state index is 0.172. The lowest BCUT2D eigenvalue weighted by Crippen LogP contribution is -2.14. The summed E-state index contributed by atoms with van der Waals surface area (Å²) in [5.41, 5.74) is 5.56. The minimum atomic E-state index is -1.21. The Morgan fingerprint density at radius 3 is 0.898 bits per heavy atom. The summed E-state index contributed by atoms with van der Waals surface area (Å²) in [7, 11) is 1.10. The number of hydrogen-bond acceptors (Lipinski definition) is 10. The van der Waals surface area contributed by atoms with Crippen LogP contribution in [0, 0.1) is 11.6 Å². The van der Waals surface area contributed by atoms with Gasteiger partial charge in [-0.1, -0.05) is 228 Å². The molecule has 0 amide bonds. The highest BCUT2D eigenvalue weighted by molar-refractivity contribution is 5.96. The van der Waals surface area contributed by atoms with E-state index in [1.165, 1.54) is 177 Å². The molecule has 0 aliphatic carbocycles. The van der Waals surface area contributed by atoms with Gasteiger partial charge in [0.2, 0.25) is 0 Å². The topological polar surface area (TPSA) is 132 Å². The zero-order chi connectivity index (χ0) is 62.3. The molecule has 7 rings (SSSR count). The van der Waals surface area contributed by atoms with Crippen LogP contribution < -0.4 is 18.9 Å². The van der Waals surface area contributed by atoms with Crippen molar-refractivity contribution in [3.05, 3.63) is 202 Å². The van der Waals surface area contributed by atoms with Gasteiger partial charge < -0.3 is 23.7 Å². The number of carbonyl (C=O) groups excluding carboxylic acids is 5. The molecule has 0 radical (unpaired) electrons. The second kappa shape index (κ2) is 36.8. The largest absolute Gasteiger partial charge is 0.465 e. The van der Waals surface area contributed by atoms with Crippen LogP contribution in [0.2, 0.25) is 0 Å². The summed E-state index contributed by atoms with van der Waals surface area (Å²) in [6.45, 7) is 4.51. The van der Waals surface area contributed by atoms with Gasteiger partial charge in [0.05, 0.1) is 34.9 Å². The minimum Gasteiger partial charge on any atom is -0.465 e. The average molecular weight is 1200 g/mol. The predicted molar refractivity (Wildman–Crippen MR) is 344 cm³/mol. The summed E-state index contributed by atoms with van der Waals surface area (Å²) in [6.07, 6.45) is 33.7. The zero-order valence-corrected chi connectivity index (χ0v) is 51.7. The SMILES string of the molecule is CCCCCCCCCCCCCCc1ccc(-c2ccc(C(=O)Oc3ccc(C(=O)Oc4cc(OC(=O)c5ccc(OC(=O)c6ccc(-c7ccc(CCCCCCCCCCCCCC)cc7)cc6)cc5F)cc(C(=O)OC)c4)c(F)c3)cc2)cc1. The van der Waals surface area contributed by atoms with Crippen molar-refractivity contribution in [2.75, 3.05) is 7.11 Å². The molecular weight excluding hydrogens is 1110 g/mol. The molecule has 464 valence electrons. The predicted octanol–water partition coefficient (Wildman–Crippen LogP) is 20.4. The van der Waals surface area contributed by atoms with Gasteiger partial charge in [-0.05, 0) is 120 Å². The molecule has 7 aromatic carbocycles. The van der Waals surface area contributed by atoms with Crippen LogP contribution in [0.4, 0.5) is 8.78 Å². The zero-order valence-electron chi connectivity index (χ0n) is 51.7. The third-order valence-corrected chi connectivity index (χ3v) is 15.9. The van der Waals surface area contributed by atoms with Gasteiger partial charge >= 0.3 is 29.8 Å². The molecule has 0 saturated carbocycles. The van der Waals surface area contributed by atoms with Crippen LogP contribution in [0.1, 0.15) is 231 Å². The number of esters is 5. The van der Waals surface area contributed by atoms with Gasteiger partial charge in [-0.25, -0.2) is 32.8 Å². The Balaban J connectivity index is 0.848. The van der Waals surface area contributed by atoms with E-state index in [1.54, 1.807) is 24.3 Å². The molecule has 0 aliphatic rings. The normalized spacial score (nSPS) is 11.1. The summed E-state index contributed by atoms with van der Waals surface area (Å²) < 4.78 is 57.6. The second-order valence-electron chi connectivity index (χ2n) is 22.9. The highest BCUT2D eigenvalue weighted by atomic mass is 19.1. The lowest BCUT2D eigenvalue weighted by Gasteiger charge is -2.12. The maximum atomic E-state index is 15.5. The molecule has 0 unspecified atom stereocenters. The number of unbranched alkanes of at least 4 members (excludes halogenated alkanes) is 22. The van der Waals surface area contributed by atoms with Gasteiger partial charge in [0.15, 0.2) is 0 Å². The van der Waals surface area contributed by atoms with Crippen molar-refractivity contribution in [1.29, 1.82) is 0 Å². The molecule has 12 heteroatoms. The molecule has 0 atom stereocenters. The number of hydrogen-bond donors (Lipinski definition) is 0. The average Bonchev–Trinajstić information content (AvgIpc) is 3.34. The smallest absolute Gasteiger partial charge is 0.346 e. The van der Waals surface area contributed by atoms with Crippen molar-refractivity contribution in [3.63, 3.8) is 0 Å².